The van der Waals surface area contributed by atoms with Crippen LogP contribution in [0.1, 0.15) is 75.5 Å². The number of nitrogens with one attached hydrogen (secondary N) is 1. The highest BCUT2D eigenvalue weighted by atomic mass is 16.5. The molecule has 0 unspecified atom stereocenters. The summed E-state index contributed by atoms with van der Waals surface area (Å²) in [6.07, 6.45) is 10.7. The highest BCUT2D eigenvalue weighted by Gasteiger charge is 2.06. The summed E-state index contributed by atoms with van der Waals surface area (Å²) >= 11 is 0. The number of hydrogen-bond acceptors (Lipinski definition) is 4. The lowest BCUT2D eigenvalue weighted by Crippen LogP contribution is -2.02. The van der Waals surface area contributed by atoms with E-state index in [1.165, 1.54) is 49.7 Å². The summed E-state index contributed by atoms with van der Waals surface area (Å²) in [5.41, 5.74) is 7.56. The Bertz CT molecular complexity index is 787. The molecule has 0 saturated carbocycles. The number of hydrazone groups is 1. The van der Waals surface area contributed by atoms with Crippen LogP contribution in [-0.4, -0.2) is 19.4 Å². The van der Waals surface area contributed by atoms with Crippen LogP contribution in [0, 0.1) is 13.8 Å². The van der Waals surface area contributed by atoms with Crippen LogP contribution in [0.3, 0.4) is 0 Å². The van der Waals surface area contributed by atoms with Crippen molar-refractivity contribution in [3.63, 3.8) is 0 Å². The lowest BCUT2D eigenvalue weighted by atomic mass is 10.1. The SMILES string of the molecule is CCCCCCCCCOc1ccc(/C=N/Nc2ccc(C)c(C)c2)cc1OCC. The lowest BCUT2D eigenvalue weighted by Gasteiger charge is -2.12. The lowest BCUT2D eigenvalue weighted by molar-refractivity contribution is 0.270. The van der Waals surface area contributed by atoms with Gasteiger partial charge in [-0.1, -0.05) is 51.5 Å². The Morgan fingerprint density at radius 2 is 1.57 bits per heavy atom. The Morgan fingerprint density at radius 1 is 0.800 bits per heavy atom. The average Bonchev–Trinajstić information content (AvgIpc) is 2.74. The molecule has 0 heterocycles. The summed E-state index contributed by atoms with van der Waals surface area (Å²) < 4.78 is 11.8. The minimum absolute atomic E-state index is 0.606. The van der Waals surface area contributed by atoms with Gasteiger partial charge in [-0.15, -0.1) is 0 Å². The van der Waals surface area contributed by atoms with Crippen molar-refractivity contribution < 1.29 is 9.47 Å². The number of rotatable bonds is 14. The molecule has 0 aliphatic carbocycles. The molecule has 4 nitrogen and oxygen atoms in total. The number of nitrogens with zero attached hydrogens (tertiary/aromatic N) is 1. The van der Waals surface area contributed by atoms with Crippen LogP contribution in [0.4, 0.5) is 5.69 Å². The Kier molecular flexibility index (Phi) is 10.8. The first kappa shape index (κ1) is 23.8. The Labute approximate surface area is 182 Å². The van der Waals surface area contributed by atoms with Gasteiger partial charge >= 0.3 is 0 Å². The fourth-order valence-electron chi connectivity index (χ4n) is 3.23. The molecule has 2 aromatic rings. The van der Waals surface area contributed by atoms with Gasteiger partial charge in [-0.05, 0) is 74.2 Å². The van der Waals surface area contributed by atoms with E-state index in [0.29, 0.717) is 6.61 Å². The predicted molar refractivity (Wildman–Crippen MR) is 128 cm³/mol. The van der Waals surface area contributed by atoms with Gasteiger partial charge in [0.15, 0.2) is 11.5 Å². The van der Waals surface area contributed by atoms with Crippen LogP contribution >= 0.6 is 0 Å². The van der Waals surface area contributed by atoms with Crippen LogP contribution < -0.4 is 14.9 Å². The van der Waals surface area contributed by atoms with Gasteiger partial charge in [0.2, 0.25) is 0 Å². The van der Waals surface area contributed by atoms with Gasteiger partial charge in [0, 0.05) is 0 Å². The summed E-state index contributed by atoms with van der Waals surface area (Å²) in [6, 6.07) is 12.2. The first-order valence-corrected chi connectivity index (χ1v) is 11.4. The molecule has 1 N–H and O–H groups in total. The Morgan fingerprint density at radius 3 is 2.30 bits per heavy atom. The van der Waals surface area contributed by atoms with E-state index in [9.17, 15) is 0 Å². The molecule has 0 aliphatic heterocycles. The van der Waals surface area contributed by atoms with Crippen molar-refractivity contribution in [2.24, 2.45) is 5.10 Å². The minimum atomic E-state index is 0.606. The molecule has 0 spiro atoms. The monoisotopic (exact) mass is 410 g/mol. The Hall–Kier alpha value is -2.49. The molecule has 0 aromatic heterocycles. The highest BCUT2D eigenvalue weighted by molar-refractivity contribution is 5.81. The van der Waals surface area contributed by atoms with Crippen LogP contribution in [0.15, 0.2) is 41.5 Å². The smallest absolute Gasteiger partial charge is 0.161 e. The number of aryl methyl sites for hydroxylation is 2. The van der Waals surface area contributed by atoms with Crippen LogP contribution in [0.25, 0.3) is 0 Å². The van der Waals surface area contributed by atoms with Crippen molar-refractivity contribution in [1.82, 2.24) is 0 Å². The predicted octanol–water partition coefficient (Wildman–Crippen LogP) is 7.28. The maximum Gasteiger partial charge on any atom is 0.161 e. The Balaban J connectivity index is 1.85. The van der Waals surface area contributed by atoms with E-state index in [2.05, 4.69) is 43.4 Å². The van der Waals surface area contributed by atoms with Crippen molar-refractivity contribution >= 4 is 11.9 Å². The van der Waals surface area contributed by atoms with Crippen LogP contribution in [0.2, 0.25) is 0 Å². The van der Waals surface area contributed by atoms with Gasteiger partial charge in [0.1, 0.15) is 0 Å². The van der Waals surface area contributed by atoms with Gasteiger partial charge in [-0.3, -0.25) is 5.43 Å². The third-order valence-electron chi connectivity index (χ3n) is 5.19. The molecule has 164 valence electrons. The molecule has 2 aromatic carbocycles. The second-order valence-electron chi connectivity index (χ2n) is 7.78. The van der Waals surface area contributed by atoms with Crippen molar-refractivity contribution in [3.8, 4) is 11.5 Å². The maximum atomic E-state index is 5.99. The summed E-state index contributed by atoms with van der Waals surface area (Å²) in [6.45, 7) is 9.79. The van der Waals surface area contributed by atoms with Crippen molar-refractivity contribution in [2.75, 3.05) is 18.6 Å². The quantitative estimate of drug-likeness (QED) is 0.202. The zero-order chi connectivity index (χ0) is 21.6. The zero-order valence-corrected chi connectivity index (χ0v) is 19.2. The number of benzene rings is 2. The fraction of sp³-hybridized carbons (Fsp3) is 0.500. The fourth-order valence-corrected chi connectivity index (χ4v) is 3.23. The van der Waals surface area contributed by atoms with E-state index < -0.39 is 0 Å². The maximum absolute atomic E-state index is 5.99. The van der Waals surface area contributed by atoms with Gasteiger partial charge in [0.25, 0.3) is 0 Å². The summed E-state index contributed by atoms with van der Waals surface area (Å²) in [7, 11) is 0. The second kappa shape index (κ2) is 13.7. The minimum Gasteiger partial charge on any atom is -0.490 e. The molecule has 0 saturated heterocycles. The van der Waals surface area contributed by atoms with E-state index >= 15 is 0 Å². The average molecular weight is 411 g/mol. The molecule has 0 fully saturated rings. The molecule has 0 radical (unpaired) electrons. The number of anilines is 1. The molecule has 0 amide bonds. The first-order valence-electron chi connectivity index (χ1n) is 11.4. The first-order chi connectivity index (χ1) is 14.6. The van der Waals surface area contributed by atoms with Gasteiger partial charge in [0.05, 0.1) is 25.1 Å². The molecule has 0 atom stereocenters. The third kappa shape index (κ3) is 8.48. The largest absolute Gasteiger partial charge is 0.490 e. The highest BCUT2D eigenvalue weighted by Crippen LogP contribution is 2.28. The van der Waals surface area contributed by atoms with Gasteiger partial charge in [-0.2, -0.15) is 5.10 Å². The van der Waals surface area contributed by atoms with Crippen LogP contribution in [0.5, 0.6) is 11.5 Å². The molecule has 0 aliphatic rings. The number of ether oxygens (including phenoxy) is 2. The van der Waals surface area contributed by atoms with E-state index in [4.69, 9.17) is 9.47 Å². The van der Waals surface area contributed by atoms with Gasteiger partial charge in [-0.25, -0.2) is 0 Å². The van der Waals surface area contributed by atoms with E-state index in [1.54, 1.807) is 6.21 Å². The molecule has 30 heavy (non-hydrogen) atoms. The summed E-state index contributed by atoms with van der Waals surface area (Å²) in [4.78, 5) is 0. The van der Waals surface area contributed by atoms with Crippen molar-refractivity contribution in [1.29, 1.82) is 0 Å². The summed E-state index contributed by atoms with van der Waals surface area (Å²) in [5, 5.41) is 4.36. The third-order valence-corrected chi connectivity index (χ3v) is 5.19. The standard InChI is InChI=1S/C26H38N2O2/c1-5-7-8-9-10-11-12-17-30-25-16-14-23(19-26(25)29-6-2)20-27-28-24-15-13-21(3)22(4)18-24/h13-16,18-20,28H,5-12,17H2,1-4H3/b27-20+. The van der Waals surface area contributed by atoms with E-state index in [-0.39, 0.29) is 0 Å². The number of hydrogen-bond donors (Lipinski definition) is 1. The summed E-state index contributed by atoms with van der Waals surface area (Å²) in [5.74, 6) is 1.58. The van der Waals surface area contributed by atoms with Crippen molar-refractivity contribution in [3.05, 3.63) is 53.1 Å². The second-order valence-corrected chi connectivity index (χ2v) is 7.78. The van der Waals surface area contributed by atoms with Crippen LogP contribution in [-0.2, 0) is 0 Å². The molecule has 4 heteroatoms. The normalized spacial score (nSPS) is 11.1. The molecule has 2 rings (SSSR count). The molecular formula is C26H38N2O2. The zero-order valence-electron chi connectivity index (χ0n) is 19.2. The molecular weight excluding hydrogens is 372 g/mol. The molecule has 0 bridgehead atoms. The topological polar surface area (TPSA) is 42.8 Å². The number of unbranched alkanes of at least 4 members (excludes halogenated alkanes) is 6. The van der Waals surface area contributed by atoms with E-state index in [1.807, 2.05) is 31.2 Å². The van der Waals surface area contributed by atoms with Gasteiger partial charge < -0.3 is 9.47 Å². The van der Waals surface area contributed by atoms with Crippen molar-refractivity contribution in [2.45, 2.75) is 72.6 Å². The van der Waals surface area contributed by atoms with E-state index in [0.717, 1.165) is 35.8 Å².